The molecule has 0 bridgehead atoms. The summed E-state index contributed by atoms with van der Waals surface area (Å²) in [6.07, 6.45) is 1.77. The maximum Gasteiger partial charge on any atom is 0.326 e. The number of hydrogen-bond acceptors (Lipinski definition) is 4. The molecule has 0 aromatic carbocycles. The number of carboxylic acid groups (broad SMARTS) is 1. The van der Waals surface area contributed by atoms with Crippen LogP contribution < -0.4 is 5.32 Å². The summed E-state index contributed by atoms with van der Waals surface area (Å²) in [5, 5.41) is 15.2. The normalized spacial score (nSPS) is 16.5. The van der Waals surface area contributed by atoms with Gasteiger partial charge < -0.3 is 14.9 Å². The van der Waals surface area contributed by atoms with E-state index >= 15 is 0 Å². The van der Waals surface area contributed by atoms with E-state index in [1.54, 1.807) is 13.0 Å². The summed E-state index contributed by atoms with van der Waals surface area (Å²) >= 11 is 0. The molecule has 1 saturated carbocycles. The molecule has 92 valence electrons. The van der Waals surface area contributed by atoms with Gasteiger partial charge in [0.15, 0.2) is 0 Å². The van der Waals surface area contributed by atoms with Crippen LogP contribution in [0, 0.1) is 12.8 Å². The monoisotopic (exact) mass is 238 g/mol. The van der Waals surface area contributed by atoms with Gasteiger partial charge in [0, 0.05) is 6.07 Å². The molecule has 2 N–H and O–H groups in total. The number of hydrogen-bond donors (Lipinski definition) is 2. The molecule has 1 heterocycles. The van der Waals surface area contributed by atoms with Gasteiger partial charge in [-0.1, -0.05) is 5.16 Å². The predicted molar refractivity (Wildman–Crippen MR) is 57.2 cm³/mol. The summed E-state index contributed by atoms with van der Waals surface area (Å²) in [6.45, 7) is 1.73. The van der Waals surface area contributed by atoms with Gasteiger partial charge in [-0.05, 0) is 25.7 Å². The average Bonchev–Trinajstić information content (AvgIpc) is 3.00. The fraction of sp³-hybridized carbons (Fsp3) is 0.545. The number of aromatic nitrogens is 1. The van der Waals surface area contributed by atoms with Crippen molar-refractivity contribution in [2.24, 2.45) is 5.92 Å². The van der Waals surface area contributed by atoms with Crippen LogP contribution in [0.1, 0.15) is 24.3 Å². The molecule has 0 radical (unpaired) electrons. The van der Waals surface area contributed by atoms with Crippen LogP contribution in [0.4, 0.5) is 0 Å². The third-order valence-electron chi connectivity index (χ3n) is 2.69. The van der Waals surface area contributed by atoms with Crippen LogP contribution in [0.15, 0.2) is 10.6 Å². The molecule has 6 nitrogen and oxygen atoms in total. The highest BCUT2D eigenvalue weighted by Gasteiger charge is 2.37. The SMILES string of the molecule is Cc1cc(CC(=O)NC(C(=O)O)C2CC2)no1. The van der Waals surface area contributed by atoms with Gasteiger partial charge >= 0.3 is 5.97 Å². The van der Waals surface area contributed by atoms with Gasteiger partial charge in [-0.2, -0.15) is 0 Å². The van der Waals surface area contributed by atoms with Crippen molar-refractivity contribution < 1.29 is 19.2 Å². The van der Waals surface area contributed by atoms with E-state index in [0.717, 1.165) is 12.8 Å². The third-order valence-corrected chi connectivity index (χ3v) is 2.69. The van der Waals surface area contributed by atoms with Crippen LogP contribution >= 0.6 is 0 Å². The standard InChI is InChI=1S/C11H14N2O4/c1-6-4-8(13-17-6)5-9(14)12-10(11(15)16)7-2-3-7/h4,7,10H,2-3,5H2,1H3,(H,12,14)(H,15,16). The van der Waals surface area contributed by atoms with Crippen molar-refractivity contribution in [1.29, 1.82) is 0 Å². The Bertz CT molecular complexity index is 436. The first-order valence-corrected chi connectivity index (χ1v) is 5.50. The van der Waals surface area contributed by atoms with Gasteiger partial charge in [-0.15, -0.1) is 0 Å². The summed E-state index contributed by atoms with van der Waals surface area (Å²) < 4.78 is 4.83. The van der Waals surface area contributed by atoms with Crippen molar-refractivity contribution in [3.05, 3.63) is 17.5 Å². The van der Waals surface area contributed by atoms with Crippen LogP contribution in [-0.4, -0.2) is 28.2 Å². The molecule has 17 heavy (non-hydrogen) atoms. The molecule has 1 aliphatic rings. The maximum absolute atomic E-state index is 11.6. The molecule has 1 aromatic heterocycles. The van der Waals surface area contributed by atoms with Crippen LogP contribution in [0.3, 0.4) is 0 Å². The van der Waals surface area contributed by atoms with Crippen LogP contribution in [-0.2, 0) is 16.0 Å². The quantitative estimate of drug-likeness (QED) is 0.779. The number of nitrogens with one attached hydrogen (secondary N) is 1. The van der Waals surface area contributed by atoms with E-state index in [1.807, 2.05) is 0 Å². The molecule has 1 amide bonds. The highest BCUT2D eigenvalue weighted by Crippen LogP contribution is 2.32. The molecule has 0 spiro atoms. The Kier molecular flexibility index (Phi) is 3.12. The molecule has 2 rings (SSSR count). The molecule has 1 atom stereocenters. The number of amides is 1. The number of carbonyl (C=O) groups is 2. The second-order valence-electron chi connectivity index (χ2n) is 4.33. The van der Waals surface area contributed by atoms with Crippen molar-refractivity contribution in [3.8, 4) is 0 Å². The van der Waals surface area contributed by atoms with Crippen LogP contribution in [0.5, 0.6) is 0 Å². The number of carboxylic acids is 1. The lowest BCUT2D eigenvalue weighted by molar-refractivity contribution is -0.142. The third kappa shape index (κ3) is 3.05. The molecule has 1 unspecified atom stereocenters. The summed E-state index contributed by atoms with van der Waals surface area (Å²) in [5.41, 5.74) is 0.514. The van der Waals surface area contributed by atoms with Crippen molar-refractivity contribution in [3.63, 3.8) is 0 Å². The molecule has 6 heteroatoms. The zero-order valence-corrected chi connectivity index (χ0v) is 9.47. The molecule has 1 aliphatic carbocycles. The van der Waals surface area contributed by atoms with Crippen molar-refractivity contribution >= 4 is 11.9 Å². The Labute approximate surface area is 98.0 Å². The largest absolute Gasteiger partial charge is 0.480 e. The molecular weight excluding hydrogens is 224 g/mol. The summed E-state index contributed by atoms with van der Waals surface area (Å²) in [5.74, 6) is -0.602. The second-order valence-corrected chi connectivity index (χ2v) is 4.33. The number of nitrogens with zero attached hydrogens (tertiary/aromatic N) is 1. The van der Waals surface area contributed by atoms with E-state index in [1.165, 1.54) is 0 Å². The van der Waals surface area contributed by atoms with Crippen LogP contribution in [0.25, 0.3) is 0 Å². The van der Waals surface area contributed by atoms with Crippen LogP contribution in [0.2, 0.25) is 0 Å². The predicted octanol–water partition coefficient (Wildman–Crippen LogP) is 0.505. The molecule has 1 fully saturated rings. The highest BCUT2D eigenvalue weighted by atomic mass is 16.5. The first kappa shape index (κ1) is 11.6. The van der Waals surface area contributed by atoms with E-state index in [4.69, 9.17) is 9.63 Å². The van der Waals surface area contributed by atoms with Crippen molar-refractivity contribution in [2.75, 3.05) is 0 Å². The fourth-order valence-corrected chi connectivity index (χ4v) is 1.70. The minimum absolute atomic E-state index is 0.0494. The van der Waals surface area contributed by atoms with E-state index in [0.29, 0.717) is 11.5 Å². The minimum atomic E-state index is -0.975. The van der Waals surface area contributed by atoms with E-state index in [9.17, 15) is 9.59 Å². The average molecular weight is 238 g/mol. The number of carbonyl (C=O) groups excluding carboxylic acids is 1. The lowest BCUT2D eigenvalue weighted by Gasteiger charge is -2.12. The zero-order chi connectivity index (χ0) is 12.4. The van der Waals surface area contributed by atoms with Gasteiger partial charge in [0.1, 0.15) is 11.8 Å². The summed E-state index contributed by atoms with van der Waals surface area (Å²) in [6, 6.07) is 0.891. The Morgan fingerprint density at radius 2 is 2.35 bits per heavy atom. The molecule has 1 aromatic rings. The first-order valence-electron chi connectivity index (χ1n) is 5.50. The lowest BCUT2D eigenvalue weighted by Crippen LogP contribution is -2.43. The summed E-state index contributed by atoms with van der Waals surface area (Å²) in [4.78, 5) is 22.5. The molecule has 0 saturated heterocycles. The van der Waals surface area contributed by atoms with Gasteiger partial charge in [-0.3, -0.25) is 4.79 Å². The Balaban J connectivity index is 1.89. The van der Waals surface area contributed by atoms with Gasteiger partial charge in [0.2, 0.25) is 5.91 Å². The van der Waals surface area contributed by atoms with Gasteiger partial charge in [-0.25, -0.2) is 4.79 Å². The Morgan fingerprint density at radius 3 is 2.82 bits per heavy atom. The Hall–Kier alpha value is -1.85. The number of rotatable bonds is 5. The number of aliphatic carboxylic acids is 1. The first-order chi connectivity index (χ1) is 8.06. The zero-order valence-electron chi connectivity index (χ0n) is 9.47. The fourth-order valence-electron chi connectivity index (χ4n) is 1.70. The Morgan fingerprint density at radius 1 is 1.65 bits per heavy atom. The molecular formula is C11H14N2O4. The smallest absolute Gasteiger partial charge is 0.326 e. The van der Waals surface area contributed by atoms with E-state index < -0.39 is 12.0 Å². The number of aryl methyl sites for hydroxylation is 1. The maximum atomic E-state index is 11.6. The van der Waals surface area contributed by atoms with Gasteiger partial charge in [0.05, 0.1) is 12.1 Å². The highest BCUT2D eigenvalue weighted by molar-refractivity contribution is 5.85. The van der Waals surface area contributed by atoms with Crippen molar-refractivity contribution in [2.45, 2.75) is 32.2 Å². The van der Waals surface area contributed by atoms with E-state index in [-0.39, 0.29) is 18.2 Å². The lowest BCUT2D eigenvalue weighted by atomic mass is 10.1. The summed E-state index contributed by atoms with van der Waals surface area (Å²) in [7, 11) is 0. The van der Waals surface area contributed by atoms with Crippen molar-refractivity contribution in [1.82, 2.24) is 10.5 Å². The molecule has 0 aliphatic heterocycles. The van der Waals surface area contributed by atoms with Gasteiger partial charge in [0.25, 0.3) is 0 Å². The topological polar surface area (TPSA) is 92.4 Å². The second kappa shape index (κ2) is 4.57. The minimum Gasteiger partial charge on any atom is -0.480 e. The van der Waals surface area contributed by atoms with E-state index in [2.05, 4.69) is 10.5 Å².